The van der Waals surface area contributed by atoms with Crippen LogP contribution in [-0.2, 0) is 9.09 Å². The van der Waals surface area contributed by atoms with Crippen molar-refractivity contribution in [2.75, 3.05) is 0 Å². The predicted molar refractivity (Wildman–Crippen MR) is 55.0 cm³/mol. The summed E-state index contributed by atoms with van der Waals surface area (Å²) < 4.78 is 16.6. The van der Waals surface area contributed by atoms with Crippen LogP contribution in [-0.4, -0.2) is 27.6 Å². The van der Waals surface area contributed by atoms with Gasteiger partial charge in [0.1, 0.15) is 0 Å². The van der Waals surface area contributed by atoms with E-state index in [2.05, 4.69) is 5.16 Å². The van der Waals surface area contributed by atoms with E-state index in [0.717, 1.165) is 0 Å². The molecule has 0 aromatic heterocycles. The summed E-state index contributed by atoms with van der Waals surface area (Å²) >= 11 is 0. The molecular weight excluding hydrogens is 205 g/mol. The van der Waals surface area contributed by atoms with Crippen molar-refractivity contribution in [3.05, 3.63) is 0 Å². The molecule has 84 valence electrons. The second-order valence-electron chi connectivity index (χ2n) is 3.31. The smallest absolute Gasteiger partial charge is 0.336 e. The van der Waals surface area contributed by atoms with Crippen molar-refractivity contribution in [3.63, 3.8) is 0 Å². The molecule has 14 heavy (non-hydrogen) atoms. The Balaban J connectivity index is 4.54. The molecule has 0 heterocycles. The first-order chi connectivity index (χ1) is 6.35. The van der Waals surface area contributed by atoms with E-state index in [1.807, 2.05) is 6.92 Å². The van der Waals surface area contributed by atoms with Gasteiger partial charge in [0.2, 0.25) is 0 Å². The lowest BCUT2D eigenvalue weighted by Crippen LogP contribution is -2.18. The molecule has 0 spiro atoms. The van der Waals surface area contributed by atoms with Gasteiger partial charge >= 0.3 is 7.60 Å². The Labute approximate surface area is 84.3 Å². The van der Waals surface area contributed by atoms with Gasteiger partial charge in [-0.25, -0.2) is 0 Å². The molecule has 0 bridgehead atoms. The molecule has 0 radical (unpaired) electrons. The summed E-state index contributed by atoms with van der Waals surface area (Å²) in [4.78, 5) is 9.53. The van der Waals surface area contributed by atoms with E-state index >= 15 is 0 Å². The van der Waals surface area contributed by atoms with Crippen molar-refractivity contribution < 1.29 is 19.2 Å². The fourth-order valence-electron chi connectivity index (χ4n) is 0.743. The summed E-state index contributed by atoms with van der Waals surface area (Å²) in [6.45, 7) is 6.56. The van der Waals surface area contributed by atoms with Crippen LogP contribution in [0.1, 0.15) is 34.1 Å². The molecule has 2 N–H and O–H groups in total. The largest absolute Gasteiger partial charge is 0.411 e. The number of nitrogens with zero attached hydrogens (tertiary/aromatic N) is 1. The summed E-state index contributed by atoms with van der Waals surface area (Å²) in [7, 11) is -3.72. The highest BCUT2D eigenvalue weighted by Crippen LogP contribution is 2.49. The van der Waals surface area contributed by atoms with Gasteiger partial charge in [0.25, 0.3) is 0 Å². The third kappa shape index (κ3) is 3.78. The van der Waals surface area contributed by atoms with Gasteiger partial charge in [-0.2, -0.15) is 0 Å². The molecular formula is C8H18NO4P. The lowest BCUT2D eigenvalue weighted by molar-refractivity contribution is 0.183. The minimum absolute atomic E-state index is 0.194. The standard InChI is InChI=1S/C8H18NO4P/c1-5-6(2)13-14(11,12)8(4)7(3)9-10/h6,8,10H,5H2,1-4H3,(H,11,12). The normalized spacial score (nSPS) is 21.4. The maximum absolute atomic E-state index is 11.6. The van der Waals surface area contributed by atoms with E-state index in [1.54, 1.807) is 6.92 Å². The van der Waals surface area contributed by atoms with Crippen LogP contribution in [0.25, 0.3) is 0 Å². The van der Waals surface area contributed by atoms with Gasteiger partial charge in [0.15, 0.2) is 0 Å². The van der Waals surface area contributed by atoms with Crippen LogP contribution in [0.3, 0.4) is 0 Å². The van der Waals surface area contributed by atoms with Crippen LogP contribution in [0.5, 0.6) is 0 Å². The van der Waals surface area contributed by atoms with Crippen LogP contribution in [0, 0.1) is 0 Å². The Morgan fingerprint density at radius 2 is 2.07 bits per heavy atom. The van der Waals surface area contributed by atoms with E-state index < -0.39 is 13.3 Å². The molecule has 0 amide bonds. The highest BCUT2D eigenvalue weighted by molar-refractivity contribution is 7.54. The lowest BCUT2D eigenvalue weighted by Gasteiger charge is -2.21. The number of rotatable bonds is 5. The van der Waals surface area contributed by atoms with E-state index in [-0.39, 0.29) is 11.8 Å². The lowest BCUT2D eigenvalue weighted by atomic mass is 10.3. The van der Waals surface area contributed by atoms with Gasteiger partial charge < -0.3 is 14.6 Å². The van der Waals surface area contributed by atoms with E-state index in [0.29, 0.717) is 6.42 Å². The van der Waals surface area contributed by atoms with Gasteiger partial charge in [-0.05, 0) is 27.2 Å². The first-order valence-corrected chi connectivity index (χ1v) is 6.19. The Morgan fingerprint density at radius 1 is 1.57 bits per heavy atom. The summed E-state index contributed by atoms with van der Waals surface area (Å²) in [6.07, 6.45) is 0.381. The summed E-state index contributed by atoms with van der Waals surface area (Å²) in [5.41, 5.74) is -0.583. The monoisotopic (exact) mass is 223 g/mol. The maximum atomic E-state index is 11.6. The van der Waals surface area contributed by atoms with Crippen LogP contribution in [0.4, 0.5) is 0 Å². The Bertz CT molecular complexity index is 254. The molecule has 0 fully saturated rings. The number of hydrogen-bond acceptors (Lipinski definition) is 4. The van der Waals surface area contributed by atoms with Gasteiger partial charge in [-0.1, -0.05) is 12.1 Å². The van der Waals surface area contributed by atoms with Gasteiger partial charge in [-0.15, -0.1) is 0 Å². The molecule has 6 heteroatoms. The fourth-order valence-corrected chi connectivity index (χ4v) is 2.11. The zero-order chi connectivity index (χ0) is 11.4. The molecule has 0 aromatic rings. The van der Waals surface area contributed by atoms with Crippen LogP contribution in [0.2, 0.25) is 0 Å². The van der Waals surface area contributed by atoms with Crippen molar-refractivity contribution >= 4 is 13.3 Å². The summed E-state index contributed by atoms with van der Waals surface area (Å²) in [5, 5.41) is 11.4. The summed E-state index contributed by atoms with van der Waals surface area (Å²) in [5.74, 6) is 0. The molecule has 0 rings (SSSR count). The topological polar surface area (TPSA) is 79.1 Å². The van der Waals surface area contributed by atoms with Gasteiger partial charge in [0, 0.05) is 0 Å². The minimum Gasteiger partial charge on any atom is -0.411 e. The number of oxime groups is 1. The third-order valence-corrected chi connectivity index (χ3v) is 4.17. The quantitative estimate of drug-likeness (QED) is 0.324. The maximum Gasteiger partial charge on any atom is 0.336 e. The van der Waals surface area contributed by atoms with Crippen molar-refractivity contribution in [2.45, 2.75) is 45.9 Å². The highest BCUT2D eigenvalue weighted by Gasteiger charge is 2.32. The molecule has 0 saturated heterocycles. The fraction of sp³-hybridized carbons (Fsp3) is 0.875. The zero-order valence-electron chi connectivity index (χ0n) is 8.97. The van der Waals surface area contributed by atoms with Gasteiger partial charge in [-0.3, -0.25) is 4.57 Å². The first kappa shape index (κ1) is 13.6. The molecule has 0 aliphatic rings. The molecule has 0 aromatic carbocycles. The van der Waals surface area contributed by atoms with Crippen molar-refractivity contribution in [3.8, 4) is 0 Å². The minimum atomic E-state index is -3.72. The van der Waals surface area contributed by atoms with E-state index in [4.69, 9.17) is 9.73 Å². The third-order valence-electron chi connectivity index (χ3n) is 2.16. The first-order valence-electron chi connectivity index (χ1n) is 4.54. The Kier molecular flexibility index (Phi) is 5.34. The van der Waals surface area contributed by atoms with Crippen LogP contribution < -0.4 is 0 Å². The molecule has 0 aliphatic heterocycles. The molecule has 3 unspecified atom stereocenters. The Morgan fingerprint density at radius 3 is 2.43 bits per heavy atom. The molecule has 5 nitrogen and oxygen atoms in total. The average molecular weight is 223 g/mol. The predicted octanol–water partition coefficient (Wildman–Crippen LogP) is 2.23. The second-order valence-corrected chi connectivity index (χ2v) is 5.42. The second kappa shape index (κ2) is 5.49. The highest BCUT2D eigenvalue weighted by atomic mass is 31.2. The van der Waals surface area contributed by atoms with E-state index in [9.17, 15) is 9.46 Å². The van der Waals surface area contributed by atoms with Gasteiger partial charge in [0.05, 0.1) is 17.5 Å². The van der Waals surface area contributed by atoms with Crippen molar-refractivity contribution in [1.82, 2.24) is 0 Å². The van der Waals surface area contributed by atoms with Crippen molar-refractivity contribution in [1.29, 1.82) is 0 Å². The number of hydrogen-bond donors (Lipinski definition) is 2. The van der Waals surface area contributed by atoms with E-state index in [1.165, 1.54) is 13.8 Å². The Hall–Kier alpha value is -0.380. The molecule has 3 atom stereocenters. The van der Waals surface area contributed by atoms with Crippen LogP contribution >= 0.6 is 7.60 Å². The average Bonchev–Trinajstić information content (AvgIpc) is 2.14. The van der Waals surface area contributed by atoms with Crippen LogP contribution in [0.15, 0.2) is 5.16 Å². The molecule has 0 saturated carbocycles. The zero-order valence-corrected chi connectivity index (χ0v) is 9.86. The molecule has 0 aliphatic carbocycles. The summed E-state index contributed by atoms with van der Waals surface area (Å²) in [6, 6.07) is 0. The van der Waals surface area contributed by atoms with Crippen molar-refractivity contribution in [2.24, 2.45) is 5.16 Å². The SMILES string of the molecule is CCC(C)OP(=O)(O)C(C)C(C)=NO.